The molecule has 2 rings (SSSR count). The molecule has 19 heavy (non-hydrogen) atoms. The summed E-state index contributed by atoms with van der Waals surface area (Å²) in [7, 11) is 0. The van der Waals surface area contributed by atoms with Crippen LogP contribution >= 0.6 is 11.3 Å². The van der Waals surface area contributed by atoms with Crippen LogP contribution in [0.15, 0.2) is 30.4 Å². The highest BCUT2D eigenvalue weighted by Gasteiger charge is 2.18. The van der Waals surface area contributed by atoms with Gasteiger partial charge < -0.3 is 0 Å². The fourth-order valence-electron chi connectivity index (χ4n) is 1.92. The van der Waals surface area contributed by atoms with Crippen molar-refractivity contribution in [2.24, 2.45) is 0 Å². The maximum Gasteiger partial charge on any atom is 0.279 e. The fourth-order valence-corrected chi connectivity index (χ4v) is 3.07. The molecule has 0 spiro atoms. The van der Waals surface area contributed by atoms with Crippen molar-refractivity contribution in [1.29, 1.82) is 0 Å². The molecule has 2 amide bonds. The molecule has 1 aromatic rings. The molecule has 1 heterocycles. The SMILES string of the molecule is CC=CC=CC(=O)NNC(=O)c1cc2c(s1)CCC2. The lowest BCUT2D eigenvalue weighted by molar-refractivity contribution is -0.117. The van der Waals surface area contributed by atoms with Crippen molar-refractivity contribution < 1.29 is 9.59 Å². The minimum atomic E-state index is -0.351. The topological polar surface area (TPSA) is 58.2 Å². The minimum Gasteiger partial charge on any atom is -0.268 e. The summed E-state index contributed by atoms with van der Waals surface area (Å²) in [6, 6.07) is 1.92. The van der Waals surface area contributed by atoms with Gasteiger partial charge in [0.2, 0.25) is 0 Å². The van der Waals surface area contributed by atoms with E-state index >= 15 is 0 Å². The summed E-state index contributed by atoms with van der Waals surface area (Å²) in [5.41, 5.74) is 6.04. The van der Waals surface area contributed by atoms with Gasteiger partial charge in [-0.2, -0.15) is 0 Å². The molecule has 0 aliphatic heterocycles. The van der Waals surface area contributed by atoms with Crippen molar-refractivity contribution in [1.82, 2.24) is 10.9 Å². The Morgan fingerprint density at radius 3 is 2.84 bits per heavy atom. The molecule has 4 nitrogen and oxygen atoms in total. The first-order chi connectivity index (χ1) is 9.20. The van der Waals surface area contributed by atoms with E-state index in [9.17, 15) is 9.59 Å². The van der Waals surface area contributed by atoms with Crippen LogP contribution in [0.4, 0.5) is 0 Å². The van der Waals surface area contributed by atoms with E-state index in [1.807, 2.05) is 19.1 Å². The number of fused-ring (bicyclic) bond motifs is 1. The minimum absolute atomic E-state index is 0.257. The number of allylic oxidation sites excluding steroid dienone is 3. The number of hydrogen-bond acceptors (Lipinski definition) is 3. The second-order valence-corrected chi connectivity index (χ2v) is 5.38. The Bertz CT molecular complexity index is 522. The van der Waals surface area contributed by atoms with Gasteiger partial charge in [-0.3, -0.25) is 20.4 Å². The smallest absolute Gasteiger partial charge is 0.268 e. The number of aryl methyl sites for hydroxylation is 2. The molecular formula is C14H16N2O2S. The summed E-state index contributed by atoms with van der Waals surface area (Å²) >= 11 is 1.51. The number of amides is 2. The molecule has 0 fully saturated rings. The predicted octanol–water partition coefficient (Wildman–Crippen LogP) is 2.13. The van der Waals surface area contributed by atoms with E-state index in [-0.39, 0.29) is 11.8 Å². The van der Waals surface area contributed by atoms with Gasteiger partial charge in [0, 0.05) is 11.0 Å². The van der Waals surface area contributed by atoms with Crippen molar-refractivity contribution in [3.05, 3.63) is 45.7 Å². The van der Waals surface area contributed by atoms with Gasteiger partial charge in [-0.15, -0.1) is 11.3 Å². The van der Waals surface area contributed by atoms with Crippen LogP contribution in [-0.4, -0.2) is 11.8 Å². The molecule has 1 aliphatic carbocycles. The predicted molar refractivity (Wildman–Crippen MR) is 75.9 cm³/mol. The number of rotatable bonds is 3. The number of hydrogen-bond donors (Lipinski definition) is 2. The molecule has 5 heteroatoms. The molecule has 0 saturated carbocycles. The zero-order valence-electron chi connectivity index (χ0n) is 10.7. The Morgan fingerprint density at radius 2 is 2.11 bits per heavy atom. The molecule has 0 saturated heterocycles. The Labute approximate surface area is 116 Å². The summed E-state index contributed by atoms with van der Waals surface area (Å²) in [5, 5.41) is 0. The summed E-state index contributed by atoms with van der Waals surface area (Å²) in [6.45, 7) is 1.86. The highest BCUT2D eigenvalue weighted by atomic mass is 32.1. The Morgan fingerprint density at radius 1 is 1.26 bits per heavy atom. The maximum absolute atomic E-state index is 11.8. The Hall–Kier alpha value is -1.88. The monoisotopic (exact) mass is 276 g/mol. The van der Waals surface area contributed by atoms with Crippen molar-refractivity contribution >= 4 is 23.2 Å². The van der Waals surface area contributed by atoms with Crippen molar-refractivity contribution in [2.75, 3.05) is 0 Å². The van der Waals surface area contributed by atoms with Gasteiger partial charge in [0.25, 0.3) is 11.8 Å². The Kier molecular flexibility index (Phi) is 4.52. The van der Waals surface area contributed by atoms with Crippen LogP contribution in [0.25, 0.3) is 0 Å². The number of carbonyl (C=O) groups excluding carboxylic acids is 2. The lowest BCUT2D eigenvalue weighted by atomic mass is 10.2. The molecule has 0 bridgehead atoms. The van der Waals surface area contributed by atoms with E-state index in [1.54, 1.807) is 12.2 Å². The van der Waals surface area contributed by atoms with E-state index in [2.05, 4.69) is 10.9 Å². The largest absolute Gasteiger partial charge is 0.279 e. The molecule has 1 aliphatic rings. The third kappa shape index (κ3) is 3.54. The molecule has 100 valence electrons. The number of carbonyl (C=O) groups is 2. The molecular weight excluding hydrogens is 260 g/mol. The third-order valence-electron chi connectivity index (χ3n) is 2.82. The third-order valence-corrected chi connectivity index (χ3v) is 4.06. The standard InChI is InChI=1S/C14H16N2O2S/c1-2-3-4-8-13(17)15-16-14(18)12-9-10-6-5-7-11(10)19-12/h2-4,8-9H,5-7H2,1H3,(H,15,17)(H,16,18). The first-order valence-electron chi connectivity index (χ1n) is 6.22. The van der Waals surface area contributed by atoms with Gasteiger partial charge in [-0.05, 0) is 37.8 Å². The highest BCUT2D eigenvalue weighted by Crippen LogP contribution is 2.30. The van der Waals surface area contributed by atoms with Gasteiger partial charge in [0.15, 0.2) is 0 Å². The van der Waals surface area contributed by atoms with Crippen LogP contribution in [0.1, 0.15) is 33.5 Å². The number of nitrogens with one attached hydrogen (secondary N) is 2. The molecule has 0 atom stereocenters. The second-order valence-electron chi connectivity index (χ2n) is 4.24. The van der Waals surface area contributed by atoms with Crippen LogP contribution in [0.5, 0.6) is 0 Å². The van der Waals surface area contributed by atoms with E-state index < -0.39 is 0 Å². The van der Waals surface area contributed by atoms with Gasteiger partial charge in [0.1, 0.15) is 0 Å². The summed E-state index contributed by atoms with van der Waals surface area (Å²) in [4.78, 5) is 25.1. The van der Waals surface area contributed by atoms with Gasteiger partial charge >= 0.3 is 0 Å². The zero-order valence-corrected chi connectivity index (χ0v) is 11.5. The molecule has 2 N–H and O–H groups in total. The quantitative estimate of drug-likeness (QED) is 0.505. The van der Waals surface area contributed by atoms with E-state index in [0.717, 1.165) is 12.8 Å². The van der Waals surface area contributed by atoms with Crippen LogP contribution in [-0.2, 0) is 17.6 Å². The molecule has 0 radical (unpaired) electrons. The second kappa shape index (κ2) is 6.33. The maximum atomic E-state index is 11.8. The number of thiophene rings is 1. The van der Waals surface area contributed by atoms with Crippen LogP contribution in [0, 0.1) is 0 Å². The first-order valence-corrected chi connectivity index (χ1v) is 7.03. The lowest BCUT2D eigenvalue weighted by Gasteiger charge is -2.02. The van der Waals surface area contributed by atoms with Crippen LogP contribution < -0.4 is 10.9 Å². The Balaban J connectivity index is 1.85. The van der Waals surface area contributed by atoms with Crippen LogP contribution in [0.3, 0.4) is 0 Å². The lowest BCUT2D eigenvalue weighted by Crippen LogP contribution is -2.40. The van der Waals surface area contributed by atoms with Crippen LogP contribution in [0.2, 0.25) is 0 Å². The average Bonchev–Trinajstić information content (AvgIpc) is 2.97. The molecule has 0 unspecified atom stereocenters. The number of hydrazine groups is 1. The van der Waals surface area contributed by atoms with Gasteiger partial charge in [0.05, 0.1) is 4.88 Å². The van der Waals surface area contributed by atoms with E-state index in [1.165, 1.54) is 34.3 Å². The average molecular weight is 276 g/mol. The molecule has 0 aromatic carbocycles. The molecule has 1 aromatic heterocycles. The summed E-state index contributed by atoms with van der Waals surface area (Å²) in [5.74, 6) is -0.609. The van der Waals surface area contributed by atoms with E-state index in [4.69, 9.17) is 0 Å². The van der Waals surface area contributed by atoms with Crippen molar-refractivity contribution in [3.8, 4) is 0 Å². The fraction of sp³-hybridized carbons (Fsp3) is 0.286. The summed E-state index contributed by atoms with van der Waals surface area (Å²) < 4.78 is 0. The van der Waals surface area contributed by atoms with Gasteiger partial charge in [-0.1, -0.05) is 18.2 Å². The van der Waals surface area contributed by atoms with Crippen molar-refractivity contribution in [2.45, 2.75) is 26.2 Å². The zero-order chi connectivity index (χ0) is 13.7. The van der Waals surface area contributed by atoms with E-state index in [0.29, 0.717) is 4.88 Å². The van der Waals surface area contributed by atoms with Crippen molar-refractivity contribution in [3.63, 3.8) is 0 Å². The first kappa shape index (κ1) is 13.5. The summed E-state index contributed by atoms with van der Waals surface area (Å²) in [6.07, 6.45) is 9.81. The van der Waals surface area contributed by atoms with Gasteiger partial charge in [-0.25, -0.2) is 0 Å². The normalized spacial score (nSPS) is 13.9. The highest BCUT2D eigenvalue weighted by molar-refractivity contribution is 7.14.